The van der Waals surface area contributed by atoms with E-state index in [4.69, 9.17) is 0 Å². The molecule has 3 nitrogen and oxygen atoms in total. The van der Waals surface area contributed by atoms with Gasteiger partial charge < -0.3 is 15.3 Å². The second-order valence-corrected chi connectivity index (χ2v) is 5.19. The highest BCUT2D eigenvalue weighted by atomic mass is 16.3. The van der Waals surface area contributed by atoms with Crippen molar-refractivity contribution in [2.24, 2.45) is 5.92 Å². The number of rotatable bonds is 4. The highest BCUT2D eigenvalue weighted by Crippen LogP contribution is 2.26. The van der Waals surface area contributed by atoms with Crippen LogP contribution in [0, 0.1) is 5.92 Å². The number of hydrogen-bond acceptors (Lipinski definition) is 3. The molecule has 1 saturated heterocycles. The summed E-state index contributed by atoms with van der Waals surface area (Å²) in [5, 5.41) is 13.2. The Morgan fingerprint density at radius 1 is 1.39 bits per heavy atom. The smallest absolute Gasteiger partial charge is 0.0599 e. The lowest BCUT2D eigenvalue weighted by atomic mass is 9.95. The Bertz CT molecular complexity index is 381. The summed E-state index contributed by atoms with van der Waals surface area (Å²) in [6.45, 7) is 8.06. The third-order valence-electron chi connectivity index (χ3n) is 3.76. The average Bonchev–Trinajstić information content (AvgIpc) is 2.40. The second kappa shape index (κ2) is 6.21. The van der Waals surface area contributed by atoms with E-state index in [1.165, 1.54) is 11.3 Å². The number of nitrogens with one attached hydrogen (secondary N) is 1. The number of aliphatic hydroxyl groups excluding tert-OH is 1. The Labute approximate surface area is 110 Å². The minimum Gasteiger partial charge on any atom is -0.393 e. The lowest BCUT2D eigenvalue weighted by molar-refractivity contribution is 0.0970. The van der Waals surface area contributed by atoms with E-state index in [0.717, 1.165) is 32.6 Å². The number of benzene rings is 1. The van der Waals surface area contributed by atoms with Crippen LogP contribution in [-0.4, -0.2) is 30.8 Å². The number of para-hydroxylation sites is 1. The van der Waals surface area contributed by atoms with Crippen LogP contribution in [0.4, 0.5) is 5.69 Å². The minimum absolute atomic E-state index is 0.137. The molecule has 1 aromatic rings. The predicted molar refractivity (Wildman–Crippen MR) is 75.8 cm³/mol. The summed E-state index contributed by atoms with van der Waals surface area (Å²) in [6.07, 6.45) is 0.735. The van der Waals surface area contributed by atoms with Crippen LogP contribution >= 0.6 is 0 Å². The number of nitrogens with zero attached hydrogens (tertiary/aromatic N) is 1. The lowest BCUT2D eigenvalue weighted by Crippen LogP contribution is -2.42. The Morgan fingerprint density at radius 3 is 2.89 bits per heavy atom. The molecular formula is C15H24N2O. The summed E-state index contributed by atoms with van der Waals surface area (Å²) in [4.78, 5) is 2.41. The van der Waals surface area contributed by atoms with Crippen molar-refractivity contribution >= 4 is 5.69 Å². The maximum Gasteiger partial charge on any atom is 0.0599 e. The first-order valence-corrected chi connectivity index (χ1v) is 6.94. The van der Waals surface area contributed by atoms with Crippen LogP contribution in [0.25, 0.3) is 0 Å². The molecule has 100 valence electrons. The number of hydrogen-bond donors (Lipinski definition) is 2. The SMILES string of the molecule is CCNCc1ccccc1N1CCC(O)C(C)C1. The maximum atomic E-state index is 9.81. The van der Waals surface area contributed by atoms with Crippen LogP contribution < -0.4 is 10.2 Å². The van der Waals surface area contributed by atoms with E-state index in [1.807, 2.05) is 0 Å². The molecule has 3 heteroatoms. The molecular weight excluding hydrogens is 224 g/mol. The van der Waals surface area contributed by atoms with E-state index in [9.17, 15) is 5.11 Å². The third-order valence-corrected chi connectivity index (χ3v) is 3.76. The van der Waals surface area contributed by atoms with Gasteiger partial charge >= 0.3 is 0 Å². The zero-order chi connectivity index (χ0) is 13.0. The Kier molecular flexibility index (Phi) is 4.61. The maximum absolute atomic E-state index is 9.81. The van der Waals surface area contributed by atoms with Gasteiger partial charge in [0.25, 0.3) is 0 Å². The third kappa shape index (κ3) is 3.03. The summed E-state index contributed by atoms with van der Waals surface area (Å²) in [7, 11) is 0. The van der Waals surface area contributed by atoms with E-state index >= 15 is 0 Å². The van der Waals surface area contributed by atoms with Gasteiger partial charge in [0.15, 0.2) is 0 Å². The van der Waals surface area contributed by atoms with E-state index < -0.39 is 0 Å². The van der Waals surface area contributed by atoms with Gasteiger partial charge in [-0.2, -0.15) is 0 Å². The van der Waals surface area contributed by atoms with Crippen LogP contribution in [0.1, 0.15) is 25.8 Å². The van der Waals surface area contributed by atoms with Crippen LogP contribution in [-0.2, 0) is 6.54 Å². The van der Waals surface area contributed by atoms with Gasteiger partial charge in [-0.25, -0.2) is 0 Å². The van der Waals surface area contributed by atoms with Crippen molar-refractivity contribution in [3.05, 3.63) is 29.8 Å². The number of aliphatic hydroxyl groups is 1. The Hall–Kier alpha value is -1.06. The van der Waals surface area contributed by atoms with Gasteiger partial charge in [0.1, 0.15) is 0 Å². The van der Waals surface area contributed by atoms with Crippen molar-refractivity contribution in [3.63, 3.8) is 0 Å². The standard InChI is InChI=1S/C15H24N2O/c1-3-16-10-13-6-4-5-7-14(13)17-9-8-15(18)12(2)11-17/h4-7,12,15-16,18H,3,8-11H2,1-2H3. The summed E-state index contributed by atoms with van der Waals surface area (Å²) < 4.78 is 0. The largest absolute Gasteiger partial charge is 0.393 e. The first-order chi connectivity index (χ1) is 8.72. The molecule has 1 aliphatic heterocycles. The summed E-state index contributed by atoms with van der Waals surface area (Å²) in [5.41, 5.74) is 2.67. The van der Waals surface area contributed by atoms with Crippen molar-refractivity contribution in [2.75, 3.05) is 24.5 Å². The highest BCUT2D eigenvalue weighted by Gasteiger charge is 2.25. The zero-order valence-electron chi connectivity index (χ0n) is 11.4. The molecule has 0 spiro atoms. The molecule has 2 atom stereocenters. The lowest BCUT2D eigenvalue weighted by Gasteiger charge is -2.37. The van der Waals surface area contributed by atoms with Crippen molar-refractivity contribution < 1.29 is 5.11 Å². The van der Waals surface area contributed by atoms with E-state index in [2.05, 4.69) is 48.3 Å². The number of piperidine rings is 1. The molecule has 0 saturated carbocycles. The van der Waals surface area contributed by atoms with Crippen LogP contribution in [0.5, 0.6) is 0 Å². The first kappa shape index (κ1) is 13.4. The normalized spacial score (nSPS) is 24.3. The molecule has 1 heterocycles. The average molecular weight is 248 g/mol. The molecule has 0 radical (unpaired) electrons. The van der Waals surface area contributed by atoms with Gasteiger partial charge in [0.2, 0.25) is 0 Å². The van der Waals surface area contributed by atoms with Crippen molar-refractivity contribution in [1.29, 1.82) is 0 Å². The Morgan fingerprint density at radius 2 is 2.17 bits per heavy atom. The fourth-order valence-electron chi connectivity index (χ4n) is 2.58. The molecule has 1 fully saturated rings. The second-order valence-electron chi connectivity index (χ2n) is 5.19. The van der Waals surface area contributed by atoms with Crippen LogP contribution in [0.3, 0.4) is 0 Å². The van der Waals surface area contributed by atoms with Gasteiger partial charge in [-0.3, -0.25) is 0 Å². The van der Waals surface area contributed by atoms with Crippen molar-refractivity contribution in [3.8, 4) is 0 Å². The highest BCUT2D eigenvalue weighted by molar-refractivity contribution is 5.54. The molecule has 2 unspecified atom stereocenters. The van der Waals surface area contributed by atoms with Gasteiger partial charge in [-0.15, -0.1) is 0 Å². The van der Waals surface area contributed by atoms with Gasteiger partial charge in [0, 0.05) is 25.3 Å². The van der Waals surface area contributed by atoms with Crippen LogP contribution in [0.15, 0.2) is 24.3 Å². The van der Waals surface area contributed by atoms with E-state index in [0.29, 0.717) is 5.92 Å². The monoisotopic (exact) mass is 248 g/mol. The molecule has 0 aliphatic carbocycles. The van der Waals surface area contributed by atoms with Gasteiger partial charge in [0.05, 0.1) is 6.10 Å². The van der Waals surface area contributed by atoms with Gasteiger partial charge in [-0.05, 0) is 30.5 Å². The summed E-state index contributed by atoms with van der Waals surface area (Å²) >= 11 is 0. The fraction of sp³-hybridized carbons (Fsp3) is 0.600. The topological polar surface area (TPSA) is 35.5 Å². The fourth-order valence-corrected chi connectivity index (χ4v) is 2.58. The summed E-state index contributed by atoms with van der Waals surface area (Å²) in [5.74, 6) is 0.353. The zero-order valence-corrected chi connectivity index (χ0v) is 11.4. The van der Waals surface area contributed by atoms with Crippen molar-refractivity contribution in [1.82, 2.24) is 5.32 Å². The minimum atomic E-state index is -0.137. The molecule has 0 bridgehead atoms. The predicted octanol–water partition coefficient (Wildman–Crippen LogP) is 2.00. The van der Waals surface area contributed by atoms with E-state index in [-0.39, 0.29) is 6.10 Å². The molecule has 2 N–H and O–H groups in total. The van der Waals surface area contributed by atoms with E-state index in [1.54, 1.807) is 0 Å². The molecule has 1 aromatic carbocycles. The molecule has 1 aliphatic rings. The molecule has 2 rings (SSSR count). The van der Waals surface area contributed by atoms with Gasteiger partial charge in [-0.1, -0.05) is 32.0 Å². The quantitative estimate of drug-likeness (QED) is 0.855. The van der Waals surface area contributed by atoms with Crippen LogP contribution in [0.2, 0.25) is 0 Å². The number of anilines is 1. The molecule has 0 amide bonds. The first-order valence-electron chi connectivity index (χ1n) is 6.94. The summed E-state index contributed by atoms with van der Waals surface area (Å²) in [6, 6.07) is 8.57. The van der Waals surface area contributed by atoms with Crippen molar-refractivity contribution in [2.45, 2.75) is 32.9 Å². The molecule has 0 aromatic heterocycles. The molecule has 18 heavy (non-hydrogen) atoms. The Balaban J connectivity index is 2.12.